The number of ether oxygens (including phenoxy) is 4. The second-order valence-electron chi connectivity index (χ2n) is 10.1. The van der Waals surface area contributed by atoms with Crippen molar-refractivity contribution in [2.45, 2.75) is 84.3 Å². The molecule has 10 nitrogen and oxygen atoms in total. The summed E-state index contributed by atoms with van der Waals surface area (Å²) in [5.74, 6) is -0.0673. The van der Waals surface area contributed by atoms with Crippen LogP contribution < -0.4 is 10.1 Å². The van der Waals surface area contributed by atoms with E-state index in [1.807, 2.05) is 24.3 Å². The van der Waals surface area contributed by atoms with Crippen molar-refractivity contribution < 1.29 is 38.4 Å². The van der Waals surface area contributed by atoms with E-state index in [2.05, 4.69) is 5.32 Å². The minimum absolute atomic E-state index is 0.0451. The molecule has 0 radical (unpaired) electrons. The van der Waals surface area contributed by atoms with Gasteiger partial charge >= 0.3 is 18.2 Å². The summed E-state index contributed by atoms with van der Waals surface area (Å²) in [6.07, 6.45) is -2.85. The molecule has 2 N–H and O–H groups in total. The average Bonchev–Trinajstić information content (AvgIpc) is 2.73. The first-order chi connectivity index (χ1) is 16.2. The van der Waals surface area contributed by atoms with Gasteiger partial charge in [-0.3, -0.25) is 0 Å². The van der Waals surface area contributed by atoms with E-state index in [1.165, 1.54) is 0 Å². The van der Waals surface area contributed by atoms with Gasteiger partial charge in [-0.2, -0.15) is 4.90 Å². The molecule has 10 heteroatoms. The molecular formula is C25H40N2O8. The fourth-order valence-corrected chi connectivity index (χ4v) is 3.02. The summed E-state index contributed by atoms with van der Waals surface area (Å²) in [4.78, 5) is 39.0. The van der Waals surface area contributed by atoms with E-state index in [4.69, 9.17) is 18.9 Å². The smallest absolute Gasteiger partial charge is 0.420 e. The fraction of sp³-hybridized carbons (Fsp3) is 0.640. The number of methoxy groups -OCH3 is 2. The Morgan fingerprint density at radius 2 is 1.43 bits per heavy atom. The Labute approximate surface area is 207 Å². The molecule has 2 atom stereocenters. The number of hydrogen-bond acceptors (Lipinski definition) is 9. The third kappa shape index (κ3) is 11.4. The van der Waals surface area contributed by atoms with E-state index < -0.39 is 41.5 Å². The molecule has 0 spiro atoms. The molecule has 1 unspecified atom stereocenters. The molecule has 0 aromatic heterocycles. The number of aliphatic hydroxyl groups is 1. The summed E-state index contributed by atoms with van der Waals surface area (Å²) in [5, 5.41) is 13.6. The zero-order valence-corrected chi connectivity index (χ0v) is 22.0. The number of imide groups is 1. The van der Waals surface area contributed by atoms with Crippen molar-refractivity contribution in [2.24, 2.45) is 0 Å². The number of aliphatic hydroxyl groups excluding tert-OH is 1. The fourth-order valence-electron chi connectivity index (χ4n) is 3.02. The molecular weight excluding hydrogens is 456 g/mol. The van der Waals surface area contributed by atoms with Gasteiger partial charge in [0.25, 0.3) is 0 Å². The normalized spacial score (nSPS) is 13.4. The molecule has 0 bridgehead atoms. The number of rotatable bonds is 10. The monoisotopic (exact) mass is 496 g/mol. The van der Waals surface area contributed by atoms with E-state index >= 15 is 0 Å². The van der Waals surface area contributed by atoms with Gasteiger partial charge in [0.1, 0.15) is 23.0 Å². The highest BCUT2D eigenvalue weighted by Gasteiger charge is 2.40. The van der Waals surface area contributed by atoms with Crippen LogP contribution in [0.3, 0.4) is 0 Å². The quantitative estimate of drug-likeness (QED) is 0.369. The van der Waals surface area contributed by atoms with Crippen LogP contribution in [0.15, 0.2) is 24.3 Å². The first-order valence-electron chi connectivity index (χ1n) is 11.5. The second kappa shape index (κ2) is 13.3. The molecule has 1 aromatic rings. The first kappa shape index (κ1) is 30.2. The van der Waals surface area contributed by atoms with Gasteiger partial charge in [0.2, 0.25) is 0 Å². The summed E-state index contributed by atoms with van der Waals surface area (Å²) in [7, 11) is 2.75. The standard InChI is InChI=1S/C25H40N2O8/c1-24(2,3)34-22(30)27(23(31)35-25(4,5)6)20(21(29)33-8)14-11-18(28)16-26-15-17-9-12-19(32-7)13-10-17/h9-10,12-13,18,20,26,28H,11,14-16H2,1-8H3/t18?,20-/m0/s1. The van der Waals surface area contributed by atoms with Crippen LogP contribution in [0, 0.1) is 0 Å². The minimum atomic E-state index is -1.33. The summed E-state index contributed by atoms with van der Waals surface area (Å²) >= 11 is 0. The van der Waals surface area contributed by atoms with Gasteiger partial charge in [-0.1, -0.05) is 12.1 Å². The highest BCUT2D eigenvalue weighted by molar-refractivity contribution is 5.94. The van der Waals surface area contributed by atoms with Crippen LogP contribution in [0.2, 0.25) is 0 Å². The van der Waals surface area contributed by atoms with Gasteiger partial charge in [-0.05, 0) is 72.1 Å². The topological polar surface area (TPSA) is 124 Å². The van der Waals surface area contributed by atoms with Crippen molar-refractivity contribution in [1.29, 1.82) is 0 Å². The molecule has 2 amide bonds. The van der Waals surface area contributed by atoms with Gasteiger partial charge in [0.05, 0.1) is 20.3 Å². The van der Waals surface area contributed by atoms with Crippen LogP contribution in [0.4, 0.5) is 9.59 Å². The summed E-state index contributed by atoms with van der Waals surface area (Å²) in [6, 6.07) is 6.17. The largest absolute Gasteiger partial charge is 0.497 e. The summed E-state index contributed by atoms with van der Waals surface area (Å²) in [6.45, 7) is 10.6. The van der Waals surface area contributed by atoms with Crippen molar-refractivity contribution in [3.8, 4) is 5.75 Å². The molecule has 1 rings (SSSR count). The number of nitrogens with one attached hydrogen (secondary N) is 1. The Bertz CT molecular complexity index is 799. The Hall–Kier alpha value is -2.85. The van der Waals surface area contributed by atoms with Crippen molar-refractivity contribution in [3.63, 3.8) is 0 Å². The molecule has 0 aliphatic carbocycles. The van der Waals surface area contributed by atoms with Gasteiger partial charge < -0.3 is 29.4 Å². The lowest BCUT2D eigenvalue weighted by Gasteiger charge is -2.32. The molecule has 198 valence electrons. The lowest BCUT2D eigenvalue weighted by atomic mass is 10.1. The molecule has 0 aliphatic rings. The molecule has 0 heterocycles. The van der Waals surface area contributed by atoms with Gasteiger partial charge in [0.15, 0.2) is 0 Å². The number of hydrogen-bond donors (Lipinski definition) is 2. The molecule has 1 aromatic carbocycles. The van der Waals surface area contributed by atoms with E-state index in [1.54, 1.807) is 48.7 Å². The summed E-state index contributed by atoms with van der Waals surface area (Å²) in [5.41, 5.74) is -0.822. The first-order valence-corrected chi connectivity index (χ1v) is 11.5. The van der Waals surface area contributed by atoms with E-state index in [-0.39, 0.29) is 19.4 Å². The minimum Gasteiger partial charge on any atom is -0.497 e. The number of carbonyl (C=O) groups excluding carboxylic acids is 3. The predicted octanol–water partition coefficient (Wildman–Crippen LogP) is 3.64. The lowest BCUT2D eigenvalue weighted by molar-refractivity contribution is -0.147. The van der Waals surface area contributed by atoms with Crippen LogP contribution >= 0.6 is 0 Å². The van der Waals surface area contributed by atoms with E-state index in [0.29, 0.717) is 11.4 Å². The Kier molecular flexibility index (Phi) is 11.5. The SMILES string of the molecule is COC(=O)[C@H](CCC(O)CNCc1ccc(OC)cc1)N(C(=O)OC(C)(C)C)C(=O)OC(C)(C)C. The molecule has 0 saturated carbocycles. The number of carbonyl (C=O) groups is 3. The number of nitrogens with zero attached hydrogens (tertiary/aromatic N) is 1. The van der Waals surface area contributed by atoms with Crippen molar-refractivity contribution in [3.05, 3.63) is 29.8 Å². The van der Waals surface area contributed by atoms with Crippen molar-refractivity contribution >= 4 is 18.2 Å². The Morgan fingerprint density at radius 3 is 1.86 bits per heavy atom. The molecule has 35 heavy (non-hydrogen) atoms. The average molecular weight is 497 g/mol. The van der Waals surface area contributed by atoms with Crippen LogP contribution in [-0.2, 0) is 25.5 Å². The van der Waals surface area contributed by atoms with Gasteiger partial charge in [-0.25, -0.2) is 14.4 Å². The Morgan fingerprint density at radius 1 is 0.914 bits per heavy atom. The third-order valence-corrected chi connectivity index (χ3v) is 4.61. The maximum atomic E-state index is 12.9. The van der Waals surface area contributed by atoms with Crippen LogP contribution in [0.5, 0.6) is 5.75 Å². The molecule has 0 fully saturated rings. The lowest BCUT2D eigenvalue weighted by Crippen LogP contribution is -2.52. The highest BCUT2D eigenvalue weighted by atomic mass is 16.6. The van der Waals surface area contributed by atoms with Crippen molar-refractivity contribution in [1.82, 2.24) is 10.2 Å². The van der Waals surface area contributed by atoms with Gasteiger partial charge in [0, 0.05) is 13.1 Å². The molecule has 0 saturated heterocycles. The number of benzene rings is 1. The zero-order chi connectivity index (χ0) is 26.8. The highest BCUT2D eigenvalue weighted by Crippen LogP contribution is 2.20. The zero-order valence-electron chi connectivity index (χ0n) is 22.0. The number of esters is 1. The number of amides is 2. The van der Waals surface area contributed by atoms with Crippen LogP contribution in [0.25, 0.3) is 0 Å². The maximum Gasteiger partial charge on any atom is 0.420 e. The van der Waals surface area contributed by atoms with Crippen molar-refractivity contribution in [2.75, 3.05) is 20.8 Å². The second-order valence-corrected chi connectivity index (χ2v) is 10.1. The van der Waals surface area contributed by atoms with E-state index in [9.17, 15) is 19.5 Å². The van der Waals surface area contributed by atoms with Crippen LogP contribution in [-0.4, -0.2) is 72.3 Å². The van der Waals surface area contributed by atoms with Gasteiger partial charge in [-0.15, -0.1) is 0 Å². The molecule has 0 aliphatic heterocycles. The third-order valence-electron chi connectivity index (χ3n) is 4.61. The van der Waals surface area contributed by atoms with Crippen LogP contribution in [0.1, 0.15) is 59.9 Å². The maximum absolute atomic E-state index is 12.9. The summed E-state index contributed by atoms with van der Waals surface area (Å²) < 4.78 is 20.7. The Balaban J connectivity index is 2.88. The van der Waals surface area contributed by atoms with E-state index in [0.717, 1.165) is 18.4 Å². The predicted molar refractivity (Wildman–Crippen MR) is 130 cm³/mol.